The number of hydrogen-bond donors (Lipinski definition) is 4. The average Bonchev–Trinajstić information content (AvgIpc) is 3.72. The van der Waals surface area contributed by atoms with Crippen molar-refractivity contribution in [1.82, 2.24) is 31.2 Å². The smallest absolute Gasteiger partial charge is 0.220 e. The molecule has 14 heteroatoms. The second-order valence-electron chi connectivity index (χ2n) is 12.2. The van der Waals surface area contributed by atoms with Crippen LogP contribution in [0.25, 0.3) is 33.6 Å². The normalized spacial score (nSPS) is 17.2. The highest BCUT2D eigenvalue weighted by Crippen LogP contribution is 2.45. The zero-order valence-electron chi connectivity index (χ0n) is 27.5. The number of pyridine rings is 2. The van der Waals surface area contributed by atoms with Gasteiger partial charge in [0.25, 0.3) is 0 Å². The van der Waals surface area contributed by atoms with E-state index in [-0.39, 0.29) is 23.9 Å². The highest BCUT2D eigenvalue weighted by atomic mass is 35.5. The molecule has 2 fully saturated rings. The molecule has 0 unspecified atom stereocenters. The van der Waals surface area contributed by atoms with Gasteiger partial charge in [0.2, 0.25) is 23.6 Å². The lowest BCUT2D eigenvalue weighted by molar-refractivity contribution is -0.120. The molecule has 6 rings (SSSR count). The Bertz CT molecular complexity index is 1790. The third-order valence-electron chi connectivity index (χ3n) is 8.80. The number of aromatic nitrogens is 2. The van der Waals surface area contributed by atoms with Crippen LogP contribution in [-0.2, 0) is 22.7 Å². The minimum atomic E-state index is 0.0722. The Balaban J connectivity index is 1.25. The number of hydrogen-bond acceptors (Lipinski definition) is 8. The molecule has 0 aliphatic carbocycles. The highest BCUT2D eigenvalue weighted by Gasteiger charge is 2.24. The summed E-state index contributed by atoms with van der Waals surface area (Å²) in [7, 11) is 3.11. The molecule has 2 aliphatic heterocycles. The van der Waals surface area contributed by atoms with Crippen LogP contribution in [0.5, 0.6) is 11.8 Å². The Morgan fingerprint density at radius 2 is 1.08 bits per heavy atom. The Morgan fingerprint density at radius 1 is 0.680 bits per heavy atom. The van der Waals surface area contributed by atoms with Gasteiger partial charge in [-0.1, -0.05) is 82.8 Å². The van der Waals surface area contributed by atoms with Gasteiger partial charge >= 0.3 is 0 Å². The second kappa shape index (κ2) is 16.1. The molecular formula is C36H36Cl4N6O4. The number of amides is 2. The molecule has 0 radical (unpaired) electrons. The maximum atomic E-state index is 11.5. The van der Waals surface area contributed by atoms with Crippen molar-refractivity contribution in [3.8, 4) is 45.4 Å². The Morgan fingerprint density at radius 3 is 1.44 bits per heavy atom. The number of carbonyl (C=O) groups excluding carboxylic acids is 2. The first-order valence-electron chi connectivity index (χ1n) is 16.2. The predicted octanol–water partition coefficient (Wildman–Crippen LogP) is 6.84. The molecule has 10 nitrogen and oxygen atoms in total. The van der Waals surface area contributed by atoms with Crippen molar-refractivity contribution >= 4 is 58.2 Å². The zero-order chi connectivity index (χ0) is 35.4. The van der Waals surface area contributed by atoms with Crippen LogP contribution in [0.15, 0.2) is 48.5 Å². The van der Waals surface area contributed by atoms with Gasteiger partial charge in [-0.25, -0.2) is 9.97 Å². The molecule has 262 valence electrons. The molecule has 2 atom stereocenters. The molecule has 2 saturated heterocycles. The fourth-order valence-electron chi connectivity index (χ4n) is 6.27. The highest BCUT2D eigenvalue weighted by molar-refractivity contribution is 6.41. The molecule has 50 heavy (non-hydrogen) atoms. The quantitative estimate of drug-likeness (QED) is 0.117. The van der Waals surface area contributed by atoms with Gasteiger partial charge < -0.3 is 30.7 Å². The average molecular weight is 759 g/mol. The van der Waals surface area contributed by atoms with E-state index in [1.54, 1.807) is 14.2 Å². The summed E-state index contributed by atoms with van der Waals surface area (Å²) in [4.78, 5) is 32.6. The van der Waals surface area contributed by atoms with Gasteiger partial charge in [-0.15, -0.1) is 0 Å². The number of ether oxygens (including phenoxy) is 2. The number of carbonyl (C=O) groups is 2. The molecular weight excluding hydrogens is 722 g/mol. The molecule has 4 N–H and O–H groups in total. The fraction of sp³-hybridized carbons (Fsp3) is 0.333. The van der Waals surface area contributed by atoms with E-state index in [0.29, 0.717) is 105 Å². The fourth-order valence-corrected chi connectivity index (χ4v) is 7.46. The van der Waals surface area contributed by atoms with Crippen LogP contribution in [0.3, 0.4) is 0 Å². The zero-order valence-corrected chi connectivity index (χ0v) is 30.5. The summed E-state index contributed by atoms with van der Waals surface area (Å²) >= 11 is 27.8. The monoisotopic (exact) mass is 756 g/mol. The summed E-state index contributed by atoms with van der Waals surface area (Å²) in [6.45, 7) is 2.16. The summed E-state index contributed by atoms with van der Waals surface area (Å²) in [6.07, 6.45) is 2.69. The molecule has 4 heterocycles. The van der Waals surface area contributed by atoms with Gasteiger partial charge in [-0.05, 0) is 25.0 Å². The molecule has 2 amide bonds. The van der Waals surface area contributed by atoms with Gasteiger partial charge in [0.1, 0.15) is 0 Å². The molecule has 0 saturated carbocycles. The molecule has 2 aliphatic rings. The predicted molar refractivity (Wildman–Crippen MR) is 197 cm³/mol. The Kier molecular flexibility index (Phi) is 11.7. The van der Waals surface area contributed by atoms with Gasteiger partial charge in [-0.2, -0.15) is 0 Å². The van der Waals surface area contributed by atoms with Crippen LogP contribution in [-0.4, -0.2) is 61.2 Å². The van der Waals surface area contributed by atoms with Crippen molar-refractivity contribution in [1.29, 1.82) is 0 Å². The van der Waals surface area contributed by atoms with E-state index >= 15 is 0 Å². The van der Waals surface area contributed by atoms with E-state index in [1.807, 2.05) is 48.5 Å². The van der Waals surface area contributed by atoms with Crippen molar-refractivity contribution < 1.29 is 19.1 Å². The van der Waals surface area contributed by atoms with Gasteiger partial charge in [0.05, 0.1) is 45.7 Å². The van der Waals surface area contributed by atoms with Crippen LogP contribution in [0.4, 0.5) is 0 Å². The first-order valence-corrected chi connectivity index (χ1v) is 17.7. The van der Waals surface area contributed by atoms with Crippen molar-refractivity contribution in [2.24, 2.45) is 0 Å². The summed E-state index contributed by atoms with van der Waals surface area (Å²) in [5.74, 6) is 0.964. The maximum absolute atomic E-state index is 11.5. The minimum Gasteiger partial charge on any atom is -0.481 e. The molecule has 0 bridgehead atoms. The van der Waals surface area contributed by atoms with E-state index < -0.39 is 0 Å². The number of nitrogens with one attached hydrogen (secondary N) is 4. The Labute approximate surface area is 310 Å². The lowest BCUT2D eigenvalue weighted by Gasteiger charge is -2.17. The van der Waals surface area contributed by atoms with E-state index in [4.69, 9.17) is 65.8 Å². The lowest BCUT2D eigenvalue weighted by Crippen LogP contribution is -2.35. The van der Waals surface area contributed by atoms with E-state index in [1.165, 1.54) is 0 Å². The number of nitrogens with zero attached hydrogens (tertiary/aromatic N) is 2. The van der Waals surface area contributed by atoms with Crippen LogP contribution >= 0.6 is 46.4 Å². The third-order valence-corrected chi connectivity index (χ3v) is 10.2. The van der Waals surface area contributed by atoms with Gasteiger partial charge in [-0.3, -0.25) is 9.59 Å². The summed E-state index contributed by atoms with van der Waals surface area (Å²) in [5, 5.41) is 14.2. The third kappa shape index (κ3) is 7.96. The lowest BCUT2D eigenvalue weighted by atomic mass is 9.98. The standard InChI is InChI=1S/C36H36Cl4N6O4/c1-49-35-19(15-41-17-21-9-11-29(47)43-21)13-27(37)33(45-35)25-7-3-5-23(31(25)39)24-6-4-8-26(32(24)40)34-28(38)14-20(36(46-34)50-2)16-42-18-22-10-12-30(48)44-22/h3-8,13-14,21-22,41-42H,9-12,15-18H2,1-2H3,(H,43,47)(H,44,48)/t21-,22-/m0/s1. The van der Waals surface area contributed by atoms with Crippen molar-refractivity contribution in [2.75, 3.05) is 27.3 Å². The van der Waals surface area contributed by atoms with Crippen molar-refractivity contribution in [2.45, 2.75) is 50.9 Å². The van der Waals surface area contributed by atoms with Crippen LogP contribution in [0.2, 0.25) is 20.1 Å². The summed E-state index contributed by atoms with van der Waals surface area (Å²) in [5.41, 5.74) is 5.02. The van der Waals surface area contributed by atoms with Crippen molar-refractivity contribution in [3.05, 3.63) is 79.7 Å². The van der Waals surface area contributed by atoms with Crippen molar-refractivity contribution in [3.63, 3.8) is 0 Å². The molecule has 0 spiro atoms. The molecule has 4 aromatic rings. The van der Waals surface area contributed by atoms with E-state index in [9.17, 15) is 9.59 Å². The largest absolute Gasteiger partial charge is 0.481 e. The maximum Gasteiger partial charge on any atom is 0.220 e. The number of rotatable bonds is 13. The van der Waals surface area contributed by atoms with Crippen LogP contribution < -0.4 is 30.7 Å². The minimum absolute atomic E-state index is 0.0722. The summed E-state index contributed by atoms with van der Waals surface area (Å²) < 4.78 is 11.3. The first kappa shape index (κ1) is 36.2. The van der Waals surface area contributed by atoms with Gasteiger partial charge in [0.15, 0.2) is 0 Å². The molecule has 2 aromatic heterocycles. The SMILES string of the molecule is COc1nc(-c2cccc(-c3cccc(-c4nc(OC)c(CNC[C@@H]5CCC(=O)N5)cc4Cl)c3Cl)c2Cl)c(Cl)cc1CNC[C@@H]1CCC(=O)N1. The topological polar surface area (TPSA) is 126 Å². The summed E-state index contributed by atoms with van der Waals surface area (Å²) in [6, 6.07) is 15.0. The van der Waals surface area contributed by atoms with Crippen LogP contribution in [0.1, 0.15) is 36.8 Å². The Hall–Kier alpha value is -3.64. The van der Waals surface area contributed by atoms with Gasteiger partial charge in [0, 0.05) is 84.5 Å². The second-order valence-corrected chi connectivity index (χ2v) is 13.7. The molecule has 2 aromatic carbocycles. The number of benzene rings is 2. The number of halogens is 4. The number of methoxy groups -OCH3 is 2. The van der Waals surface area contributed by atoms with E-state index in [0.717, 1.165) is 24.0 Å². The van der Waals surface area contributed by atoms with E-state index in [2.05, 4.69) is 21.3 Å². The van der Waals surface area contributed by atoms with Crippen LogP contribution in [0, 0.1) is 0 Å². The first-order chi connectivity index (χ1) is 24.2.